The maximum Gasteiger partial charge on any atom is 0.418 e. The van der Waals surface area contributed by atoms with Crippen LogP contribution in [0, 0.1) is 5.92 Å². The molecule has 0 spiro atoms. The SMILES string of the molecule is COC[C@H]1O[C@@H](N(C(=O)OCC[Si](C)(C)C)C(=O)[C@@H](OCc2ccccc2)[C@@]2(OC)C[C@@H](O)[C@@H](C)[C@@H](C)O2)[C@H](OC)[C@@H](OC)[C@@H]1OC. The van der Waals surface area contributed by atoms with Crippen molar-refractivity contribution in [2.24, 2.45) is 5.92 Å². The highest BCUT2D eigenvalue weighted by molar-refractivity contribution is 6.76. The van der Waals surface area contributed by atoms with Gasteiger partial charge >= 0.3 is 6.09 Å². The lowest BCUT2D eigenvalue weighted by molar-refractivity contribution is -0.334. The molecule has 2 amide bonds. The Morgan fingerprint density at radius 3 is 2.17 bits per heavy atom. The van der Waals surface area contributed by atoms with E-state index in [1.165, 1.54) is 35.5 Å². The first-order valence-corrected chi connectivity index (χ1v) is 19.8. The van der Waals surface area contributed by atoms with Gasteiger partial charge in [-0.3, -0.25) is 4.79 Å². The van der Waals surface area contributed by atoms with E-state index in [-0.39, 0.29) is 32.2 Å². The molecular weight excluding hydrogens is 630 g/mol. The van der Waals surface area contributed by atoms with E-state index in [1.807, 2.05) is 37.3 Å². The predicted molar refractivity (Wildman–Crippen MR) is 174 cm³/mol. The second kappa shape index (κ2) is 17.6. The van der Waals surface area contributed by atoms with Gasteiger partial charge in [0.25, 0.3) is 5.91 Å². The van der Waals surface area contributed by atoms with E-state index < -0.39 is 74.8 Å². The number of ether oxygens (including phenoxy) is 9. The summed E-state index contributed by atoms with van der Waals surface area (Å²) >= 11 is 0. The van der Waals surface area contributed by atoms with Crippen LogP contribution in [0.3, 0.4) is 0 Å². The van der Waals surface area contributed by atoms with Gasteiger partial charge < -0.3 is 47.7 Å². The number of carbonyl (C=O) groups is 2. The minimum atomic E-state index is -1.77. The Kier molecular flexibility index (Phi) is 14.8. The van der Waals surface area contributed by atoms with E-state index in [1.54, 1.807) is 6.92 Å². The molecular formula is C33H55NO12Si. The first-order valence-electron chi connectivity index (χ1n) is 16.1. The first-order chi connectivity index (χ1) is 22.3. The molecule has 0 aromatic heterocycles. The number of carbonyl (C=O) groups excluding carboxylic acids is 2. The fourth-order valence-electron chi connectivity index (χ4n) is 5.97. The highest BCUT2D eigenvalue weighted by Gasteiger charge is 2.58. The van der Waals surface area contributed by atoms with Gasteiger partial charge in [-0.25, -0.2) is 9.69 Å². The van der Waals surface area contributed by atoms with Crippen LogP contribution in [0.4, 0.5) is 4.79 Å². The monoisotopic (exact) mass is 685 g/mol. The molecule has 2 saturated heterocycles. The van der Waals surface area contributed by atoms with Crippen molar-refractivity contribution in [1.82, 2.24) is 4.90 Å². The number of hydrogen-bond donors (Lipinski definition) is 1. The standard InChI is InChI=1S/C33H55NO12Si/c1-21-22(2)46-33(42-7,18-24(21)35)29(44-19-23-14-12-11-13-15-23)30(36)34(32(37)43-16-17-47(8,9)10)31-28(41-6)27(40-5)26(39-4)25(45-31)20-38-3/h11-15,21-22,24-29,31,35H,16-20H2,1-10H3/t21-,22+,24+,25+,26+,27-,28+,29+,31+,33+/m0/s1. The molecule has 0 saturated carbocycles. The summed E-state index contributed by atoms with van der Waals surface area (Å²) in [6.07, 6.45) is -8.57. The summed E-state index contributed by atoms with van der Waals surface area (Å²) in [7, 11) is 5.69. The normalized spacial score (nSPS) is 32.1. The Morgan fingerprint density at radius 1 is 1.00 bits per heavy atom. The lowest BCUT2D eigenvalue weighted by Crippen LogP contribution is -2.69. The number of methoxy groups -OCH3 is 5. The molecule has 14 heteroatoms. The van der Waals surface area contributed by atoms with Crippen LogP contribution in [-0.4, -0.2) is 134 Å². The number of hydrogen-bond acceptors (Lipinski definition) is 12. The number of benzene rings is 1. The molecule has 2 heterocycles. The third kappa shape index (κ3) is 9.59. The van der Waals surface area contributed by atoms with Crippen LogP contribution in [0.2, 0.25) is 25.7 Å². The van der Waals surface area contributed by atoms with Crippen LogP contribution in [0.5, 0.6) is 0 Å². The topological polar surface area (TPSA) is 141 Å². The Labute approximate surface area is 280 Å². The van der Waals surface area contributed by atoms with Crippen molar-refractivity contribution in [3.63, 3.8) is 0 Å². The van der Waals surface area contributed by atoms with Crippen LogP contribution in [-0.2, 0) is 54.0 Å². The molecule has 2 aliphatic rings. The molecule has 10 atom stereocenters. The van der Waals surface area contributed by atoms with Crippen molar-refractivity contribution in [2.75, 3.05) is 48.8 Å². The van der Waals surface area contributed by atoms with Crippen molar-refractivity contribution >= 4 is 20.1 Å². The van der Waals surface area contributed by atoms with Gasteiger partial charge in [-0.1, -0.05) is 56.9 Å². The molecule has 47 heavy (non-hydrogen) atoms. The van der Waals surface area contributed by atoms with Gasteiger partial charge in [-0.15, -0.1) is 0 Å². The van der Waals surface area contributed by atoms with Crippen molar-refractivity contribution in [1.29, 1.82) is 0 Å². The van der Waals surface area contributed by atoms with Crippen LogP contribution < -0.4 is 0 Å². The number of rotatable bonds is 15. The van der Waals surface area contributed by atoms with Gasteiger partial charge in [0.2, 0.25) is 5.79 Å². The van der Waals surface area contributed by atoms with E-state index in [0.29, 0.717) is 6.04 Å². The zero-order chi connectivity index (χ0) is 34.9. The third-order valence-electron chi connectivity index (χ3n) is 8.98. The molecule has 2 fully saturated rings. The van der Waals surface area contributed by atoms with Crippen molar-refractivity contribution in [2.45, 2.75) is 107 Å². The van der Waals surface area contributed by atoms with E-state index in [9.17, 15) is 9.90 Å². The lowest BCUT2D eigenvalue weighted by Gasteiger charge is -2.50. The van der Waals surface area contributed by atoms with Crippen LogP contribution in [0.1, 0.15) is 25.8 Å². The average Bonchev–Trinajstić information content (AvgIpc) is 3.03. The maximum absolute atomic E-state index is 15.0. The predicted octanol–water partition coefficient (Wildman–Crippen LogP) is 3.44. The summed E-state index contributed by atoms with van der Waals surface area (Å²) in [4.78, 5) is 30.0. The summed E-state index contributed by atoms with van der Waals surface area (Å²) in [5.41, 5.74) is 0.768. The van der Waals surface area contributed by atoms with Gasteiger partial charge in [-0.2, -0.15) is 0 Å². The summed E-state index contributed by atoms with van der Waals surface area (Å²) < 4.78 is 53.6. The van der Waals surface area contributed by atoms with E-state index in [4.69, 9.17) is 42.6 Å². The van der Waals surface area contributed by atoms with Crippen LogP contribution >= 0.6 is 0 Å². The number of aliphatic hydroxyl groups is 1. The molecule has 13 nitrogen and oxygen atoms in total. The van der Waals surface area contributed by atoms with Crippen LogP contribution in [0.15, 0.2) is 30.3 Å². The second-order valence-corrected chi connectivity index (χ2v) is 19.0. The molecule has 1 aromatic rings. The molecule has 3 rings (SSSR count). The molecule has 0 bridgehead atoms. The van der Waals surface area contributed by atoms with Gasteiger partial charge in [0.1, 0.15) is 24.4 Å². The number of imide groups is 1. The van der Waals surface area contributed by atoms with Gasteiger partial charge in [0.15, 0.2) is 12.3 Å². The van der Waals surface area contributed by atoms with Crippen LogP contribution in [0.25, 0.3) is 0 Å². The minimum absolute atomic E-state index is 0.0256. The molecule has 1 N–H and O–H groups in total. The van der Waals surface area contributed by atoms with Crippen molar-refractivity contribution in [3.8, 4) is 0 Å². The Bertz CT molecular complexity index is 1110. The number of amides is 2. The van der Waals surface area contributed by atoms with Crippen molar-refractivity contribution < 1.29 is 57.3 Å². The van der Waals surface area contributed by atoms with Gasteiger partial charge in [0.05, 0.1) is 32.0 Å². The highest BCUT2D eigenvalue weighted by Crippen LogP contribution is 2.39. The van der Waals surface area contributed by atoms with E-state index >= 15 is 4.79 Å². The van der Waals surface area contributed by atoms with Crippen molar-refractivity contribution in [3.05, 3.63) is 35.9 Å². The molecule has 0 aliphatic carbocycles. The Hall–Kier alpha value is -1.98. The number of nitrogens with zero attached hydrogens (tertiary/aromatic N) is 1. The fourth-order valence-corrected chi connectivity index (χ4v) is 6.69. The zero-order valence-corrected chi connectivity index (χ0v) is 30.5. The summed E-state index contributed by atoms with van der Waals surface area (Å²) in [6.45, 7) is 10.2. The summed E-state index contributed by atoms with van der Waals surface area (Å²) in [5, 5.41) is 11.1. The minimum Gasteiger partial charge on any atom is -0.449 e. The smallest absolute Gasteiger partial charge is 0.418 e. The highest BCUT2D eigenvalue weighted by atomic mass is 28.3. The lowest BCUT2D eigenvalue weighted by atomic mass is 9.86. The molecule has 0 radical (unpaired) electrons. The summed E-state index contributed by atoms with van der Waals surface area (Å²) in [5.74, 6) is -2.88. The Morgan fingerprint density at radius 2 is 1.64 bits per heavy atom. The van der Waals surface area contributed by atoms with Gasteiger partial charge in [-0.05, 0) is 18.5 Å². The second-order valence-electron chi connectivity index (χ2n) is 13.4. The average molecular weight is 686 g/mol. The fraction of sp³-hybridized carbons (Fsp3) is 0.758. The molecule has 0 unspecified atom stereocenters. The first kappa shape index (κ1) is 39.5. The zero-order valence-electron chi connectivity index (χ0n) is 29.5. The molecule has 268 valence electrons. The van der Waals surface area contributed by atoms with E-state index in [0.717, 1.165) is 10.5 Å². The van der Waals surface area contributed by atoms with Gasteiger partial charge in [0, 0.05) is 56.0 Å². The summed E-state index contributed by atoms with van der Waals surface area (Å²) in [6, 6.07) is 9.92. The number of aliphatic hydroxyl groups excluding tert-OH is 1. The third-order valence-corrected chi connectivity index (χ3v) is 10.7. The quantitative estimate of drug-likeness (QED) is 0.271. The maximum atomic E-state index is 15.0. The van der Waals surface area contributed by atoms with E-state index in [2.05, 4.69) is 19.6 Å². The molecule has 2 aliphatic heterocycles. The Balaban J connectivity index is 2.15. The molecule has 1 aromatic carbocycles. The largest absolute Gasteiger partial charge is 0.449 e.